The fourth-order valence-electron chi connectivity index (χ4n) is 5.09. The smallest absolute Gasteiger partial charge is 0.256 e. The standard InChI is InChI=1S/C26H28N4O/c1-18-6-11-24-23(16-18)21-4-2-5-22(25(21)28-24)26(31)30-13-3-12-29(14-15-30)20-9-7-19(17-27)8-10-20/h2,4-5,7-10,18,28H,3,6,11-16H2,1H3. The molecule has 1 atom stereocenters. The van der Waals surface area contributed by atoms with Gasteiger partial charge in [0.05, 0.1) is 22.7 Å². The number of fused-ring (bicyclic) bond motifs is 3. The van der Waals surface area contributed by atoms with E-state index < -0.39 is 0 Å². The van der Waals surface area contributed by atoms with E-state index >= 15 is 0 Å². The largest absolute Gasteiger partial charge is 0.370 e. The highest BCUT2D eigenvalue weighted by atomic mass is 16.2. The van der Waals surface area contributed by atoms with Gasteiger partial charge in [-0.1, -0.05) is 19.1 Å². The number of nitrogens with zero attached hydrogens (tertiary/aromatic N) is 3. The van der Waals surface area contributed by atoms with Crippen LogP contribution in [0.25, 0.3) is 10.9 Å². The predicted molar refractivity (Wildman–Crippen MR) is 123 cm³/mol. The van der Waals surface area contributed by atoms with Crippen LogP contribution in [0, 0.1) is 17.2 Å². The van der Waals surface area contributed by atoms with Crippen molar-refractivity contribution in [3.63, 3.8) is 0 Å². The number of aromatic nitrogens is 1. The van der Waals surface area contributed by atoms with Crippen LogP contribution in [-0.4, -0.2) is 42.0 Å². The van der Waals surface area contributed by atoms with Crippen molar-refractivity contribution in [2.45, 2.75) is 32.6 Å². The fourth-order valence-corrected chi connectivity index (χ4v) is 5.09. The van der Waals surface area contributed by atoms with Crippen molar-refractivity contribution in [3.8, 4) is 6.07 Å². The van der Waals surface area contributed by atoms with Crippen LogP contribution in [0.5, 0.6) is 0 Å². The van der Waals surface area contributed by atoms with Crippen molar-refractivity contribution in [1.82, 2.24) is 9.88 Å². The summed E-state index contributed by atoms with van der Waals surface area (Å²) >= 11 is 0. The van der Waals surface area contributed by atoms with Crippen LogP contribution in [0.1, 0.15) is 46.9 Å². The molecule has 0 radical (unpaired) electrons. The first-order chi connectivity index (χ1) is 15.1. The first-order valence-corrected chi connectivity index (χ1v) is 11.3. The van der Waals surface area contributed by atoms with Gasteiger partial charge in [0.2, 0.25) is 0 Å². The number of aromatic amines is 1. The minimum Gasteiger partial charge on any atom is -0.370 e. The zero-order valence-electron chi connectivity index (χ0n) is 18.0. The lowest BCUT2D eigenvalue weighted by molar-refractivity contribution is 0.0769. The molecule has 2 aromatic carbocycles. The van der Waals surface area contributed by atoms with E-state index in [1.807, 2.05) is 41.3 Å². The number of nitrogens with one attached hydrogen (secondary N) is 1. The van der Waals surface area contributed by atoms with Crippen molar-refractivity contribution >= 4 is 22.5 Å². The number of rotatable bonds is 2. The van der Waals surface area contributed by atoms with Crippen molar-refractivity contribution in [2.24, 2.45) is 5.92 Å². The van der Waals surface area contributed by atoms with E-state index in [2.05, 4.69) is 28.9 Å². The molecular formula is C26H28N4O. The summed E-state index contributed by atoms with van der Waals surface area (Å²) in [5, 5.41) is 10.2. The Labute approximate surface area is 183 Å². The first-order valence-electron chi connectivity index (χ1n) is 11.3. The van der Waals surface area contributed by atoms with E-state index in [-0.39, 0.29) is 5.91 Å². The number of amides is 1. The Hall–Kier alpha value is -3.26. The molecule has 1 amide bonds. The molecular weight excluding hydrogens is 384 g/mol. The van der Waals surface area contributed by atoms with E-state index in [0.29, 0.717) is 18.0 Å². The lowest BCUT2D eigenvalue weighted by Crippen LogP contribution is -2.35. The quantitative estimate of drug-likeness (QED) is 0.673. The van der Waals surface area contributed by atoms with Crippen LogP contribution in [-0.2, 0) is 12.8 Å². The van der Waals surface area contributed by atoms with Crippen molar-refractivity contribution in [2.75, 3.05) is 31.1 Å². The number of nitriles is 1. The first kappa shape index (κ1) is 19.7. The van der Waals surface area contributed by atoms with Gasteiger partial charge >= 0.3 is 0 Å². The van der Waals surface area contributed by atoms with Crippen LogP contribution in [0.4, 0.5) is 5.69 Å². The molecule has 1 unspecified atom stereocenters. The van der Waals surface area contributed by atoms with Gasteiger partial charge in [-0.25, -0.2) is 0 Å². The number of H-pyrrole nitrogens is 1. The van der Waals surface area contributed by atoms with Gasteiger partial charge in [0, 0.05) is 42.9 Å². The number of benzene rings is 2. The second-order valence-electron chi connectivity index (χ2n) is 8.95. The molecule has 1 saturated heterocycles. The molecule has 31 heavy (non-hydrogen) atoms. The Kier molecular flexibility index (Phi) is 5.15. The maximum Gasteiger partial charge on any atom is 0.256 e. The molecule has 5 heteroatoms. The van der Waals surface area contributed by atoms with Gasteiger partial charge in [-0.3, -0.25) is 4.79 Å². The number of para-hydroxylation sites is 1. The molecule has 1 aliphatic carbocycles. The zero-order valence-corrected chi connectivity index (χ0v) is 18.0. The number of anilines is 1. The Bertz CT molecular complexity index is 1150. The number of carbonyl (C=O) groups is 1. The number of aryl methyl sites for hydroxylation is 1. The Morgan fingerprint density at radius 1 is 1.10 bits per heavy atom. The third-order valence-corrected chi connectivity index (χ3v) is 6.84. The Morgan fingerprint density at radius 3 is 2.74 bits per heavy atom. The minimum atomic E-state index is 0.124. The second kappa shape index (κ2) is 8.11. The third-order valence-electron chi connectivity index (χ3n) is 6.84. The topological polar surface area (TPSA) is 63.1 Å². The summed E-state index contributed by atoms with van der Waals surface area (Å²) in [6.07, 6.45) is 4.30. The van der Waals surface area contributed by atoms with Crippen molar-refractivity contribution in [3.05, 3.63) is 64.8 Å². The van der Waals surface area contributed by atoms with Crippen LogP contribution >= 0.6 is 0 Å². The summed E-state index contributed by atoms with van der Waals surface area (Å²) in [6, 6.07) is 16.1. The van der Waals surface area contributed by atoms with Crippen LogP contribution < -0.4 is 4.90 Å². The molecule has 1 N–H and O–H groups in total. The number of carbonyl (C=O) groups excluding carboxylic acids is 1. The van der Waals surface area contributed by atoms with Gasteiger partial charge in [0.15, 0.2) is 0 Å². The van der Waals surface area contributed by atoms with E-state index in [0.717, 1.165) is 55.7 Å². The summed E-state index contributed by atoms with van der Waals surface area (Å²) in [7, 11) is 0. The molecule has 5 nitrogen and oxygen atoms in total. The fraction of sp³-hybridized carbons (Fsp3) is 0.385. The van der Waals surface area contributed by atoms with Gasteiger partial charge in [0.1, 0.15) is 0 Å². The van der Waals surface area contributed by atoms with Crippen molar-refractivity contribution < 1.29 is 4.79 Å². The molecule has 2 heterocycles. The third kappa shape index (κ3) is 3.67. The molecule has 0 bridgehead atoms. The van der Waals surface area contributed by atoms with Crippen molar-refractivity contribution in [1.29, 1.82) is 5.26 Å². The molecule has 158 valence electrons. The van der Waals surface area contributed by atoms with Gasteiger partial charge in [-0.15, -0.1) is 0 Å². The van der Waals surface area contributed by atoms with E-state index in [9.17, 15) is 4.79 Å². The van der Waals surface area contributed by atoms with E-state index in [1.54, 1.807) is 0 Å². The van der Waals surface area contributed by atoms with Crippen LogP contribution in [0.15, 0.2) is 42.5 Å². The van der Waals surface area contributed by atoms with E-state index in [1.165, 1.54) is 23.1 Å². The Morgan fingerprint density at radius 2 is 1.94 bits per heavy atom. The summed E-state index contributed by atoms with van der Waals surface area (Å²) in [5.41, 5.74) is 6.32. The maximum absolute atomic E-state index is 13.5. The average molecular weight is 413 g/mol. The number of hydrogen-bond acceptors (Lipinski definition) is 3. The van der Waals surface area contributed by atoms with Gasteiger partial charge in [0.25, 0.3) is 5.91 Å². The average Bonchev–Trinajstić information content (AvgIpc) is 2.99. The molecule has 0 saturated carbocycles. The van der Waals surface area contributed by atoms with Crippen LogP contribution in [0.2, 0.25) is 0 Å². The number of hydrogen-bond donors (Lipinski definition) is 1. The highest BCUT2D eigenvalue weighted by Crippen LogP contribution is 2.33. The SMILES string of the molecule is CC1CCc2[nH]c3c(C(=O)N4CCCN(c5ccc(C#N)cc5)CC4)cccc3c2C1. The second-order valence-corrected chi connectivity index (χ2v) is 8.95. The molecule has 3 aromatic rings. The monoisotopic (exact) mass is 412 g/mol. The molecule has 0 spiro atoms. The normalized spacial score (nSPS) is 19.0. The summed E-state index contributed by atoms with van der Waals surface area (Å²) < 4.78 is 0. The van der Waals surface area contributed by atoms with Gasteiger partial charge < -0.3 is 14.8 Å². The lowest BCUT2D eigenvalue weighted by atomic mass is 9.87. The summed E-state index contributed by atoms with van der Waals surface area (Å²) in [5.74, 6) is 0.823. The van der Waals surface area contributed by atoms with Gasteiger partial charge in [-0.05, 0) is 67.5 Å². The molecule has 1 aromatic heterocycles. The maximum atomic E-state index is 13.5. The van der Waals surface area contributed by atoms with Crippen LogP contribution in [0.3, 0.4) is 0 Å². The zero-order chi connectivity index (χ0) is 21.4. The lowest BCUT2D eigenvalue weighted by Gasteiger charge is -2.24. The highest BCUT2D eigenvalue weighted by molar-refractivity contribution is 6.06. The summed E-state index contributed by atoms with van der Waals surface area (Å²) in [4.78, 5) is 21.4. The molecule has 5 rings (SSSR count). The Balaban J connectivity index is 1.37. The van der Waals surface area contributed by atoms with E-state index in [4.69, 9.17) is 5.26 Å². The van der Waals surface area contributed by atoms with Gasteiger partial charge in [-0.2, -0.15) is 5.26 Å². The highest BCUT2D eigenvalue weighted by Gasteiger charge is 2.25. The predicted octanol–water partition coefficient (Wildman–Crippen LogP) is 4.52. The molecule has 1 aliphatic heterocycles. The molecule has 2 aliphatic rings. The summed E-state index contributed by atoms with van der Waals surface area (Å²) in [6.45, 7) is 5.49. The molecule has 1 fully saturated rings. The minimum absolute atomic E-state index is 0.124.